The Balaban J connectivity index is 1.30. The van der Waals surface area contributed by atoms with Gasteiger partial charge in [0.2, 0.25) is 5.91 Å². The van der Waals surface area contributed by atoms with Crippen molar-refractivity contribution in [3.63, 3.8) is 0 Å². The summed E-state index contributed by atoms with van der Waals surface area (Å²) in [6.45, 7) is 11.9. The minimum absolute atomic E-state index is 0.00510. The molecule has 0 aromatic heterocycles. The Bertz CT molecular complexity index is 881. The number of amides is 1. The number of hydrogen-bond acceptors (Lipinski definition) is 3. The van der Waals surface area contributed by atoms with E-state index >= 15 is 0 Å². The summed E-state index contributed by atoms with van der Waals surface area (Å²) in [4.78, 5) is 16.4. The van der Waals surface area contributed by atoms with Gasteiger partial charge >= 0.3 is 0 Å². The average molecular weight is 509 g/mol. The molecule has 3 fully saturated rings. The molecule has 2 aliphatic heterocycles. The maximum absolute atomic E-state index is 14.2. The van der Waals surface area contributed by atoms with Crippen LogP contribution in [0, 0.1) is 22.7 Å². The van der Waals surface area contributed by atoms with E-state index in [1.54, 1.807) is 5.57 Å². The lowest BCUT2D eigenvalue weighted by molar-refractivity contribution is -0.140. The molecule has 2 heterocycles. The fourth-order valence-corrected chi connectivity index (χ4v) is 8.02. The number of nitrogens with one attached hydrogen (secondary N) is 2. The van der Waals surface area contributed by atoms with Crippen molar-refractivity contribution in [2.75, 3.05) is 19.6 Å². The third-order valence-electron chi connectivity index (χ3n) is 9.77. The second-order valence-corrected chi connectivity index (χ2v) is 14.1. The zero-order valence-electron chi connectivity index (χ0n) is 21.4. The van der Waals surface area contributed by atoms with Gasteiger partial charge in [0.25, 0.3) is 0 Å². The third-order valence-corrected chi connectivity index (χ3v) is 10.5. The molecule has 5 rings (SSSR count). The molecular formula is C28H43Cl2N3O. The Hall–Kier alpha value is -0.550. The van der Waals surface area contributed by atoms with E-state index in [0.717, 1.165) is 76.0 Å². The number of fused-ring (bicyclic) bond motifs is 1. The van der Waals surface area contributed by atoms with E-state index in [1.165, 1.54) is 0 Å². The molecule has 0 aromatic rings. The van der Waals surface area contributed by atoms with Crippen LogP contribution >= 0.6 is 23.2 Å². The lowest BCUT2D eigenvalue weighted by Gasteiger charge is -2.48. The lowest BCUT2D eigenvalue weighted by Crippen LogP contribution is -2.62. The number of halogens is 2. The number of allylic oxidation sites excluding steroid dienone is 3. The largest absolute Gasteiger partial charge is 0.340 e. The van der Waals surface area contributed by atoms with Crippen molar-refractivity contribution in [3.8, 4) is 0 Å². The molecule has 6 atom stereocenters. The Morgan fingerprint density at radius 2 is 1.91 bits per heavy atom. The van der Waals surface area contributed by atoms with Crippen LogP contribution in [-0.4, -0.2) is 53.4 Å². The number of hydrogen-bond donors (Lipinski definition) is 2. The molecule has 2 N–H and O–H groups in total. The fourth-order valence-electron chi connectivity index (χ4n) is 7.58. The van der Waals surface area contributed by atoms with Crippen LogP contribution in [0.4, 0.5) is 0 Å². The molecule has 2 saturated heterocycles. The highest BCUT2D eigenvalue weighted by atomic mass is 35.5. The smallest absolute Gasteiger partial charge is 0.243 e. The molecule has 1 saturated carbocycles. The summed E-state index contributed by atoms with van der Waals surface area (Å²) in [5.74, 6) is 1.39. The Morgan fingerprint density at radius 3 is 2.56 bits per heavy atom. The molecule has 0 aromatic carbocycles. The number of alkyl halides is 1. The molecule has 6 unspecified atom stereocenters. The van der Waals surface area contributed by atoms with E-state index < -0.39 is 5.54 Å². The van der Waals surface area contributed by atoms with Crippen molar-refractivity contribution in [1.82, 2.24) is 15.5 Å². The van der Waals surface area contributed by atoms with Crippen molar-refractivity contribution >= 4 is 29.1 Å². The van der Waals surface area contributed by atoms with Crippen molar-refractivity contribution < 1.29 is 4.79 Å². The topological polar surface area (TPSA) is 44.4 Å². The minimum Gasteiger partial charge on any atom is -0.340 e. The van der Waals surface area contributed by atoms with Crippen LogP contribution in [0.25, 0.3) is 0 Å². The summed E-state index contributed by atoms with van der Waals surface area (Å²) in [7, 11) is 0. The zero-order valence-corrected chi connectivity index (χ0v) is 22.9. The van der Waals surface area contributed by atoms with Crippen molar-refractivity contribution in [1.29, 1.82) is 0 Å². The first-order chi connectivity index (χ1) is 16.0. The molecule has 0 spiro atoms. The Labute approximate surface area is 216 Å². The monoisotopic (exact) mass is 507 g/mol. The lowest BCUT2D eigenvalue weighted by atomic mass is 9.68. The summed E-state index contributed by atoms with van der Waals surface area (Å²) in [5, 5.41) is 8.90. The second-order valence-electron chi connectivity index (χ2n) is 13.0. The summed E-state index contributed by atoms with van der Waals surface area (Å²) in [6, 6.07) is 0.687. The van der Waals surface area contributed by atoms with Gasteiger partial charge in [-0.1, -0.05) is 57.0 Å². The molecular weight excluding hydrogens is 465 g/mol. The van der Waals surface area contributed by atoms with E-state index in [1.807, 2.05) is 0 Å². The average Bonchev–Trinajstić information content (AvgIpc) is 3.34. The SMILES string of the molecule is CC1(C)CN(C(=O)C2(NC3CCNC4C=C(Cl)CCC43)CC2(C)C)CCC1C1=CCC(Cl)CC1. The molecule has 4 nitrogen and oxygen atoms in total. The van der Waals surface area contributed by atoms with Gasteiger partial charge in [-0.15, -0.1) is 11.6 Å². The quantitative estimate of drug-likeness (QED) is 0.384. The maximum Gasteiger partial charge on any atom is 0.243 e. The van der Waals surface area contributed by atoms with Crippen LogP contribution in [0.15, 0.2) is 22.8 Å². The van der Waals surface area contributed by atoms with Gasteiger partial charge < -0.3 is 10.2 Å². The molecule has 3 aliphatic carbocycles. The van der Waals surface area contributed by atoms with E-state index in [2.05, 4.69) is 55.4 Å². The van der Waals surface area contributed by atoms with Gasteiger partial charge in [-0.3, -0.25) is 10.1 Å². The van der Waals surface area contributed by atoms with Gasteiger partial charge in [-0.25, -0.2) is 0 Å². The standard InChI is InChI=1S/C28H43Cl2N3O/c1-26(2)17-33(14-12-22(26)18-5-7-19(29)8-6-18)25(34)28(16-27(28,3)4)32-23-11-13-31-24-15-20(30)9-10-21(23)24/h5,15,19,21-24,31-32H,6-14,16-17H2,1-4H3. The van der Waals surface area contributed by atoms with Gasteiger partial charge in [0, 0.05) is 35.6 Å². The highest BCUT2D eigenvalue weighted by molar-refractivity contribution is 6.29. The van der Waals surface area contributed by atoms with Gasteiger partial charge in [0.1, 0.15) is 5.54 Å². The van der Waals surface area contributed by atoms with Gasteiger partial charge in [0.05, 0.1) is 0 Å². The predicted molar refractivity (Wildman–Crippen MR) is 141 cm³/mol. The van der Waals surface area contributed by atoms with E-state index in [4.69, 9.17) is 23.2 Å². The van der Waals surface area contributed by atoms with Gasteiger partial charge in [0.15, 0.2) is 0 Å². The number of carbonyl (C=O) groups excluding carboxylic acids is 1. The summed E-state index contributed by atoms with van der Waals surface area (Å²) < 4.78 is 0. The van der Waals surface area contributed by atoms with Crippen molar-refractivity contribution in [2.24, 2.45) is 22.7 Å². The van der Waals surface area contributed by atoms with Crippen LogP contribution < -0.4 is 10.6 Å². The van der Waals surface area contributed by atoms with E-state index in [0.29, 0.717) is 35.2 Å². The molecule has 6 heteroatoms. The molecule has 1 amide bonds. The first kappa shape index (κ1) is 25.1. The van der Waals surface area contributed by atoms with Crippen LogP contribution in [0.2, 0.25) is 0 Å². The molecule has 5 aliphatic rings. The number of piperidine rings is 2. The van der Waals surface area contributed by atoms with Crippen molar-refractivity contribution in [3.05, 3.63) is 22.8 Å². The number of rotatable bonds is 4. The Kier molecular flexibility index (Phi) is 6.71. The van der Waals surface area contributed by atoms with Crippen LogP contribution in [-0.2, 0) is 4.79 Å². The fraction of sp³-hybridized carbons (Fsp3) is 0.821. The highest BCUT2D eigenvalue weighted by Gasteiger charge is 2.68. The summed E-state index contributed by atoms with van der Waals surface area (Å²) in [6.07, 6.45) is 12.9. The normalized spacial score (nSPS) is 41.2. The van der Waals surface area contributed by atoms with Gasteiger partial charge in [-0.2, -0.15) is 0 Å². The number of likely N-dealkylation sites (tertiary alicyclic amines) is 1. The van der Waals surface area contributed by atoms with Crippen LogP contribution in [0.5, 0.6) is 0 Å². The van der Waals surface area contributed by atoms with E-state index in [-0.39, 0.29) is 10.8 Å². The van der Waals surface area contributed by atoms with Crippen molar-refractivity contribution in [2.45, 2.75) is 102 Å². The molecule has 190 valence electrons. The first-order valence-corrected chi connectivity index (χ1v) is 14.3. The Morgan fingerprint density at radius 1 is 1.15 bits per heavy atom. The van der Waals surface area contributed by atoms with E-state index in [9.17, 15) is 4.79 Å². The van der Waals surface area contributed by atoms with Gasteiger partial charge in [-0.05, 0) is 80.6 Å². The maximum atomic E-state index is 14.2. The first-order valence-electron chi connectivity index (χ1n) is 13.5. The number of carbonyl (C=O) groups is 1. The second kappa shape index (κ2) is 9.08. The minimum atomic E-state index is -0.427. The number of nitrogens with zero attached hydrogens (tertiary/aromatic N) is 1. The third kappa shape index (κ3) is 4.51. The summed E-state index contributed by atoms with van der Waals surface area (Å²) >= 11 is 12.7. The predicted octanol–water partition coefficient (Wildman–Crippen LogP) is 5.60. The summed E-state index contributed by atoms with van der Waals surface area (Å²) in [5.41, 5.74) is 1.24. The van der Waals surface area contributed by atoms with Crippen LogP contribution in [0.1, 0.15) is 79.1 Å². The highest BCUT2D eigenvalue weighted by Crippen LogP contribution is 2.58. The molecule has 0 bridgehead atoms. The molecule has 34 heavy (non-hydrogen) atoms. The zero-order chi connectivity index (χ0) is 24.3. The molecule has 0 radical (unpaired) electrons. The van der Waals surface area contributed by atoms with Crippen LogP contribution in [0.3, 0.4) is 0 Å².